The third kappa shape index (κ3) is 6.46. The highest BCUT2D eigenvalue weighted by Crippen LogP contribution is 2.25. The molecule has 0 atom stereocenters. The number of hydrogen-bond donors (Lipinski definition) is 1. The van der Waals surface area contributed by atoms with Crippen LogP contribution in [0.2, 0.25) is 0 Å². The Labute approximate surface area is 101 Å². The Bertz CT molecular complexity index is 165. The standard InChI is InChI=1S/C13H28N2O/c1-12-4-6-13(7-5-12)16-11-9-14-8-10-15(2)3/h12-14H,4-11H2,1-3H3. The lowest BCUT2D eigenvalue weighted by atomic mass is 9.89. The van der Waals surface area contributed by atoms with Crippen LogP contribution in [-0.4, -0.2) is 51.3 Å². The van der Waals surface area contributed by atoms with Gasteiger partial charge in [0.05, 0.1) is 12.7 Å². The zero-order valence-electron chi connectivity index (χ0n) is 11.2. The Morgan fingerprint density at radius 1 is 1.12 bits per heavy atom. The van der Waals surface area contributed by atoms with Gasteiger partial charge in [0.1, 0.15) is 0 Å². The fraction of sp³-hybridized carbons (Fsp3) is 1.00. The largest absolute Gasteiger partial charge is 0.377 e. The van der Waals surface area contributed by atoms with Gasteiger partial charge >= 0.3 is 0 Å². The predicted molar refractivity (Wildman–Crippen MR) is 68.8 cm³/mol. The second-order valence-corrected chi connectivity index (χ2v) is 5.31. The van der Waals surface area contributed by atoms with E-state index in [1.54, 1.807) is 0 Å². The molecule has 0 unspecified atom stereocenters. The van der Waals surface area contributed by atoms with Gasteiger partial charge in [-0.3, -0.25) is 0 Å². The fourth-order valence-electron chi connectivity index (χ4n) is 2.12. The van der Waals surface area contributed by atoms with Crippen molar-refractivity contribution in [1.82, 2.24) is 10.2 Å². The fourth-order valence-corrected chi connectivity index (χ4v) is 2.12. The van der Waals surface area contributed by atoms with Crippen molar-refractivity contribution < 1.29 is 4.74 Å². The van der Waals surface area contributed by atoms with Crippen molar-refractivity contribution in [3.8, 4) is 0 Å². The van der Waals surface area contributed by atoms with E-state index < -0.39 is 0 Å². The summed E-state index contributed by atoms with van der Waals surface area (Å²) >= 11 is 0. The highest BCUT2D eigenvalue weighted by Gasteiger charge is 2.17. The monoisotopic (exact) mass is 228 g/mol. The second-order valence-electron chi connectivity index (χ2n) is 5.31. The first-order valence-electron chi connectivity index (χ1n) is 6.65. The molecule has 96 valence electrons. The molecular formula is C13H28N2O. The molecule has 3 heteroatoms. The van der Waals surface area contributed by atoms with E-state index in [-0.39, 0.29) is 0 Å². The first-order valence-corrected chi connectivity index (χ1v) is 6.65. The van der Waals surface area contributed by atoms with Gasteiger partial charge < -0.3 is 15.0 Å². The molecule has 1 aliphatic rings. The minimum absolute atomic E-state index is 0.534. The Hall–Kier alpha value is -0.120. The summed E-state index contributed by atoms with van der Waals surface area (Å²) in [5, 5.41) is 3.40. The molecule has 0 aromatic rings. The molecule has 16 heavy (non-hydrogen) atoms. The maximum absolute atomic E-state index is 5.86. The Kier molecular flexibility index (Phi) is 7.01. The molecule has 1 saturated carbocycles. The highest BCUT2D eigenvalue weighted by molar-refractivity contribution is 4.70. The summed E-state index contributed by atoms with van der Waals surface area (Å²) in [6.45, 7) is 6.35. The summed E-state index contributed by atoms with van der Waals surface area (Å²) < 4.78 is 5.86. The van der Waals surface area contributed by atoms with Crippen LogP contribution in [-0.2, 0) is 4.74 Å². The summed E-state index contributed by atoms with van der Waals surface area (Å²) in [6, 6.07) is 0. The summed E-state index contributed by atoms with van der Waals surface area (Å²) in [4.78, 5) is 2.19. The third-order valence-electron chi connectivity index (χ3n) is 3.33. The minimum Gasteiger partial charge on any atom is -0.377 e. The van der Waals surface area contributed by atoms with Gasteiger partial charge in [-0.2, -0.15) is 0 Å². The van der Waals surface area contributed by atoms with Crippen LogP contribution in [0, 0.1) is 5.92 Å². The van der Waals surface area contributed by atoms with E-state index >= 15 is 0 Å². The molecular weight excluding hydrogens is 200 g/mol. The molecule has 1 aliphatic carbocycles. The molecule has 0 amide bonds. The number of rotatable bonds is 7. The predicted octanol–water partition coefficient (Wildman–Crippen LogP) is 1.73. The van der Waals surface area contributed by atoms with E-state index in [9.17, 15) is 0 Å². The normalized spacial score (nSPS) is 26.2. The Morgan fingerprint density at radius 3 is 2.44 bits per heavy atom. The van der Waals surface area contributed by atoms with Gasteiger partial charge in [0.25, 0.3) is 0 Å². The molecule has 3 nitrogen and oxygen atoms in total. The zero-order chi connectivity index (χ0) is 11.8. The van der Waals surface area contributed by atoms with Crippen molar-refractivity contribution in [3.05, 3.63) is 0 Å². The molecule has 0 aromatic heterocycles. The summed E-state index contributed by atoms with van der Waals surface area (Å²) in [5.41, 5.74) is 0. The molecule has 1 rings (SSSR count). The van der Waals surface area contributed by atoms with Gasteiger partial charge in [-0.1, -0.05) is 6.92 Å². The van der Waals surface area contributed by atoms with Crippen molar-refractivity contribution in [2.45, 2.75) is 38.7 Å². The second kappa shape index (κ2) is 8.04. The maximum Gasteiger partial charge on any atom is 0.0594 e. The van der Waals surface area contributed by atoms with E-state index in [1.165, 1.54) is 25.7 Å². The number of likely N-dealkylation sites (N-methyl/N-ethyl adjacent to an activating group) is 1. The first-order chi connectivity index (χ1) is 7.68. The van der Waals surface area contributed by atoms with Crippen LogP contribution in [0.25, 0.3) is 0 Å². The first kappa shape index (κ1) is 13.9. The molecule has 0 bridgehead atoms. The SMILES string of the molecule is CC1CCC(OCCNCCN(C)C)CC1. The lowest BCUT2D eigenvalue weighted by Gasteiger charge is -2.26. The van der Waals surface area contributed by atoms with Crippen LogP contribution in [0.5, 0.6) is 0 Å². The molecule has 1 fully saturated rings. The van der Waals surface area contributed by atoms with Crippen LogP contribution >= 0.6 is 0 Å². The molecule has 0 spiro atoms. The van der Waals surface area contributed by atoms with Gasteiger partial charge in [-0.05, 0) is 45.7 Å². The molecule has 0 saturated heterocycles. The lowest BCUT2D eigenvalue weighted by Crippen LogP contribution is -2.30. The smallest absolute Gasteiger partial charge is 0.0594 e. The van der Waals surface area contributed by atoms with E-state index in [1.807, 2.05) is 0 Å². The molecule has 0 radical (unpaired) electrons. The number of nitrogens with one attached hydrogen (secondary N) is 1. The van der Waals surface area contributed by atoms with Crippen LogP contribution in [0.15, 0.2) is 0 Å². The van der Waals surface area contributed by atoms with Crippen molar-refractivity contribution in [2.24, 2.45) is 5.92 Å². The van der Waals surface area contributed by atoms with E-state index in [4.69, 9.17) is 4.74 Å². The van der Waals surface area contributed by atoms with Crippen LogP contribution < -0.4 is 5.32 Å². The zero-order valence-corrected chi connectivity index (χ0v) is 11.2. The van der Waals surface area contributed by atoms with Crippen molar-refractivity contribution in [3.63, 3.8) is 0 Å². The van der Waals surface area contributed by atoms with Gasteiger partial charge in [0, 0.05) is 19.6 Å². The minimum atomic E-state index is 0.534. The summed E-state index contributed by atoms with van der Waals surface area (Å²) in [5.74, 6) is 0.915. The van der Waals surface area contributed by atoms with Crippen LogP contribution in [0.4, 0.5) is 0 Å². The number of nitrogens with zero attached hydrogens (tertiary/aromatic N) is 1. The van der Waals surface area contributed by atoms with Crippen molar-refractivity contribution in [2.75, 3.05) is 40.3 Å². The van der Waals surface area contributed by atoms with Gasteiger partial charge in [0.15, 0.2) is 0 Å². The highest BCUT2D eigenvalue weighted by atomic mass is 16.5. The summed E-state index contributed by atoms with van der Waals surface area (Å²) in [7, 11) is 4.20. The summed E-state index contributed by atoms with van der Waals surface area (Å²) in [6.07, 6.45) is 5.75. The van der Waals surface area contributed by atoms with Crippen molar-refractivity contribution in [1.29, 1.82) is 0 Å². The van der Waals surface area contributed by atoms with Gasteiger partial charge in [-0.15, -0.1) is 0 Å². The molecule has 1 N–H and O–H groups in total. The van der Waals surface area contributed by atoms with Crippen LogP contribution in [0.3, 0.4) is 0 Å². The maximum atomic E-state index is 5.86. The quantitative estimate of drug-likeness (QED) is 0.672. The molecule has 0 aromatic carbocycles. The average Bonchev–Trinajstić information content (AvgIpc) is 2.25. The van der Waals surface area contributed by atoms with E-state index in [0.717, 1.165) is 32.2 Å². The molecule has 0 heterocycles. The molecule has 0 aliphatic heterocycles. The topological polar surface area (TPSA) is 24.5 Å². The average molecular weight is 228 g/mol. The lowest BCUT2D eigenvalue weighted by molar-refractivity contribution is 0.0216. The van der Waals surface area contributed by atoms with E-state index in [2.05, 4.69) is 31.2 Å². The Balaban J connectivity index is 1.87. The number of ether oxygens (including phenoxy) is 1. The van der Waals surface area contributed by atoms with Crippen LogP contribution in [0.1, 0.15) is 32.6 Å². The van der Waals surface area contributed by atoms with Gasteiger partial charge in [-0.25, -0.2) is 0 Å². The number of hydrogen-bond acceptors (Lipinski definition) is 3. The van der Waals surface area contributed by atoms with E-state index in [0.29, 0.717) is 6.10 Å². The third-order valence-corrected chi connectivity index (χ3v) is 3.33. The van der Waals surface area contributed by atoms with Gasteiger partial charge in [0.2, 0.25) is 0 Å². The Morgan fingerprint density at radius 2 is 1.81 bits per heavy atom. The van der Waals surface area contributed by atoms with Crippen molar-refractivity contribution >= 4 is 0 Å².